The van der Waals surface area contributed by atoms with Crippen molar-refractivity contribution in [3.63, 3.8) is 0 Å². The van der Waals surface area contributed by atoms with Crippen molar-refractivity contribution in [1.82, 2.24) is 9.55 Å². The molecule has 0 unspecified atom stereocenters. The molecule has 2 aromatic rings. The van der Waals surface area contributed by atoms with Crippen LogP contribution in [0.25, 0.3) is 11.0 Å². The number of hydrogen-bond donors (Lipinski definition) is 1. The number of aromatic amines is 1. The number of nitrogens with zero attached hydrogens (tertiary/aromatic N) is 1. The third kappa shape index (κ3) is 1.70. The van der Waals surface area contributed by atoms with Gasteiger partial charge in [-0.2, -0.15) is 0 Å². The summed E-state index contributed by atoms with van der Waals surface area (Å²) < 4.78 is 1.59. The molecule has 0 bridgehead atoms. The number of hydrogen-bond acceptors (Lipinski definition) is 2. The van der Waals surface area contributed by atoms with E-state index >= 15 is 0 Å². The summed E-state index contributed by atoms with van der Waals surface area (Å²) in [6.45, 7) is 2.61. The summed E-state index contributed by atoms with van der Waals surface area (Å²) in [4.78, 5) is 25.4. The van der Waals surface area contributed by atoms with Crippen LogP contribution in [0, 0.1) is 0 Å². The van der Waals surface area contributed by atoms with Crippen molar-refractivity contribution in [2.45, 2.75) is 19.9 Å². The minimum atomic E-state index is -0.182. The Labute approximate surface area is 86.2 Å². The molecule has 15 heavy (non-hydrogen) atoms. The fourth-order valence-electron chi connectivity index (χ4n) is 1.64. The van der Waals surface area contributed by atoms with Crippen LogP contribution in [0.4, 0.5) is 0 Å². The number of fused-ring (bicyclic) bond motifs is 1. The smallest absolute Gasteiger partial charge is 0.252 e. The standard InChI is InChI=1S/C11H12N2O2/c1-2-7-13-10(15)6-4-8-3-5-9(14)12-11(8)13/h3-6H,2,7H2,1H3,(H,12,14). The van der Waals surface area contributed by atoms with Gasteiger partial charge < -0.3 is 4.98 Å². The predicted octanol–water partition coefficient (Wildman–Crippen LogP) is 1.10. The van der Waals surface area contributed by atoms with Crippen molar-refractivity contribution in [3.05, 3.63) is 45.0 Å². The molecule has 0 amide bonds. The minimum absolute atomic E-state index is 0.0776. The first-order valence-electron chi connectivity index (χ1n) is 4.95. The van der Waals surface area contributed by atoms with Gasteiger partial charge in [-0.3, -0.25) is 14.2 Å². The fourth-order valence-corrected chi connectivity index (χ4v) is 1.64. The van der Waals surface area contributed by atoms with Crippen molar-refractivity contribution in [3.8, 4) is 0 Å². The van der Waals surface area contributed by atoms with Gasteiger partial charge in [0.2, 0.25) is 5.56 Å². The van der Waals surface area contributed by atoms with Gasteiger partial charge in [-0.15, -0.1) is 0 Å². The molecule has 4 nitrogen and oxygen atoms in total. The highest BCUT2D eigenvalue weighted by atomic mass is 16.1. The zero-order valence-electron chi connectivity index (χ0n) is 8.49. The van der Waals surface area contributed by atoms with Gasteiger partial charge in [-0.1, -0.05) is 6.92 Å². The van der Waals surface area contributed by atoms with Gasteiger partial charge in [0.05, 0.1) is 0 Å². The van der Waals surface area contributed by atoms with Crippen LogP contribution in [-0.4, -0.2) is 9.55 Å². The molecule has 2 rings (SSSR count). The average Bonchev–Trinajstić information content (AvgIpc) is 2.23. The van der Waals surface area contributed by atoms with Crippen molar-refractivity contribution < 1.29 is 0 Å². The second-order valence-corrected chi connectivity index (χ2v) is 3.45. The van der Waals surface area contributed by atoms with Gasteiger partial charge in [0, 0.05) is 24.1 Å². The number of H-pyrrole nitrogens is 1. The largest absolute Gasteiger partial charge is 0.308 e. The van der Waals surface area contributed by atoms with Crippen LogP contribution in [-0.2, 0) is 6.54 Å². The Kier molecular flexibility index (Phi) is 2.41. The normalized spacial score (nSPS) is 10.7. The van der Waals surface area contributed by atoms with Gasteiger partial charge in [0.25, 0.3) is 5.56 Å². The average molecular weight is 204 g/mol. The fraction of sp³-hybridized carbons (Fsp3) is 0.273. The molecule has 0 aliphatic heterocycles. The molecule has 0 aliphatic rings. The first kappa shape index (κ1) is 9.71. The summed E-state index contributed by atoms with van der Waals surface area (Å²) in [7, 11) is 0. The molecule has 0 radical (unpaired) electrons. The molecule has 2 aromatic heterocycles. The van der Waals surface area contributed by atoms with Gasteiger partial charge in [-0.05, 0) is 18.6 Å². The van der Waals surface area contributed by atoms with E-state index in [-0.39, 0.29) is 11.1 Å². The van der Waals surface area contributed by atoms with E-state index in [1.807, 2.05) is 6.92 Å². The number of aromatic nitrogens is 2. The lowest BCUT2D eigenvalue weighted by Crippen LogP contribution is -2.21. The Balaban J connectivity index is 2.84. The summed E-state index contributed by atoms with van der Waals surface area (Å²) >= 11 is 0. The van der Waals surface area contributed by atoms with Crippen molar-refractivity contribution in [1.29, 1.82) is 0 Å². The number of nitrogens with one attached hydrogen (secondary N) is 1. The molecule has 0 fully saturated rings. The van der Waals surface area contributed by atoms with Gasteiger partial charge in [0.15, 0.2) is 0 Å². The molecular weight excluding hydrogens is 192 g/mol. The Morgan fingerprint density at radius 3 is 2.67 bits per heavy atom. The molecular formula is C11H12N2O2. The molecule has 0 aromatic carbocycles. The first-order chi connectivity index (χ1) is 7.22. The molecule has 1 N–H and O–H groups in total. The molecule has 0 saturated carbocycles. The van der Waals surface area contributed by atoms with E-state index in [0.29, 0.717) is 12.2 Å². The van der Waals surface area contributed by atoms with Gasteiger partial charge >= 0.3 is 0 Å². The van der Waals surface area contributed by atoms with Crippen LogP contribution in [0.15, 0.2) is 33.9 Å². The highest BCUT2D eigenvalue weighted by molar-refractivity contribution is 5.74. The summed E-state index contributed by atoms with van der Waals surface area (Å²) in [5.41, 5.74) is 0.348. The van der Waals surface area contributed by atoms with Crippen LogP contribution in [0.2, 0.25) is 0 Å². The van der Waals surface area contributed by atoms with Crippen LogP contribution < -0.4 is 11.1 Å². The van der Waals surface area contributed by atoms with Crippen LogP contribution in [0.3, 0.4) is 0 Å². The summed E-state index contributed by atoms with van der Waals surface area (Å²) in [5.74, 6) is 0. The number of pyridine rings is 2. The summed E-state index contributed by atoms with van der Waals surface area (Å²) in [6, 6.07) is 6.43. The maximum atomic E-state index is 11.6. The monoisotopic (exact) mass is 204 g/mol. The highest BCUT2D eigenvalue weighted by Gasteiger charge is 2.02. The number of rotatable bonds is 2. The van der Waals surface area contributed by atoms with Crippen LogP contribution in [0.1, 0.15) is 13.3 Å². The van der Waals surface area contributed by atoms with E-state index in [9.17, 15) is 9.59 Å². The maximum absolute atomic E-state index is 11.6. The molecule has 0 aliphatic carbocycles. The minimum Gasteiger partial charge on any atom is -0.308 e. The third-order valence-electron chi connectivity index (χ3n) is 2.32. The van der Waals surface area contributed by atoms with E-state index in [2.05, 4.69) is 4.98 Å². The predicted molar refractivity (Wildman–Crippen MR) is 59.1 cm³/mol. The maximum Gasteiger partial charge on any atom is 0.252 e. The Bertz CT molecular complexity index is 590. The second-order valence-electron chi connectivity index (χ2n) is 3.45. The van der Waals surface area contributed by atoms with E-state index in [4.69, 9.17) is 0 Å². The lowest BCUT2D eigenvalue weighted by atomic mass is 10.3. The second kappa shape index (κ2) is 3.73. The van der Waals surface area contributed by atoms with Gasteiger partial charge in [0.1, 0.15) is 5.65 Å². The Morgan fingerprint density at radius 1 is 1.20 bits per heavy atom. The summed E-state index contributed by atoms with van der Waals surface area (Å²) in [6.07, 6.45) is 0.857. The Morgan fingerprint density at radius 2 is 1.93 bits per heavy atom. The van der Waals surface area contributed by atoms with Crippen molar-refractivity contribution in [2.75, 3.05) is 0 Å². The van der Waals surface area contributed by atoms with E-state index in [1.165, 1.54) is 12.1 Å². The molecule has 78 valence electrons. The molecule has 0 spiro atoms. The third-order valence-corrected chi connectivity index (χ3v) is 2.32. The molecule has 4 heteroatoms. The van der Waals surface area contributed by atoms with Crippen LogP contribution in [0.5, 0.6) is 0 Å². The highest BCUT2D eigenvalue weighted by Crippen LogP contribution is 2.06. The molecule has 0 atom stereocenters. The zero-order valence-corrected chi connectivity index (χ0v) is 8.49. The van der Waals surface area contributed by atoms with E-state index < -0.39 is 0 Å². The van der Waals surface area contributed by atoms with E-state index in [0.717, 1.165) is 11.8 Å². The lowest BCUT2D eigenvalue weighted by Gasteiger charge is -2.07. The molecule has 0 saturated heterocycles. The lowest BCUT2D eigenvalue weighted by molar-refractivity contribution is 0.671. The van der Waals surface area contributed by atoms with Crippen molar-refractivity contribution in [2.24, 2.45) is 0 Å². The molecule has 2 heterocycles. The topological polar surface area (TPSA) is 54.9 Å². The summed E-state index contributed by atoms with van der Waals surface area (Å²) in [5, 5.41) is 0.877. The quantitative estimate of drug-likeness (QED) is 0.796. The first-order valence-corrected chi connectivity index (χ1v) is 4.95. The van der Waals surface area contributed by atoms with Crippen molar-refractivity contribution >= 4 is 11.0 Å². The van der Waals surface area contributed by atoms with Gasteiger partial charge in [-0.25, -0.2) is 0 Å². The zero-order chi connectivity index (χ0) is 10.8. The SMILES string of the molecule is CCCn1c(=O)ccc2ccc(=O)[nH]c21. The number of aryl methyl sites for hydroxylation is 1. The van der Waals surface area contributed by atoms with E-state index in [1.54, 1.807) is 16.7 Å². The van der Waals surface area contributed by atoms with Crippen LogP contribution >= 0.6 is 0 Å². The Hall–Kier alpha value is -1.84.